The number of rotatable bonds is 16. The Morgan fingerprint density at radius 2 is 1.51 bits per heavy atom. The van der Waals surface area contributed by atoms with Gasteiger partial charge in [0.05, 0.1) is 35.3 Å². The molecular formula is C30H38N4O10S. The largest absolute Gasteiger partial charge is 0.494 e. The average Bonchev–Trinajstić information content (AvgIpc) is 3.24. The van der Waals surface area contributed by atoms with E-state index in [1.54, 1.807) is 41.9 Å². The molecule has 2 aromatic carbocycles. The molecule has 0 radical (unpaired) electrons. The lowest BCUT2D eigenvalue weighted by Crippen LogP contribution is -2.53. The van der Waals surface area contributed by atoms with E-state index < -0.39 is 69.8 Å². The van der Waals surface area contributed by atoms with E-state index in [1.165, 1.54) is 19.2 Å². The summed E-state index contributed by atoms with van der Waals surface area (Å²) in [6.07, 6.45) is 0.278. The van der Waals surface area contributed by atoms with Crippen LogP contribution in [0, 0.1) is 17.8 Å². The van der Waals surface area contributed by atoms with Gasteiger partial charge in [-0.15, -0.1) is 0 Å². The Morgan fingerprint density at radius 1 is 0.911 bits per heavy atom. The van der Waals surface area contributed by atoms with Crippen LogP contribution in [0.5, 0.6) is 5.75 Å². The third-order valence-electron chi connectivity index (χ3n) is 7.31. The number of ether oxygens (including phenoxy) is 1. The van der Waals surface area contributed by atoms with Crippen molar-refractivity contribution in [1.82, 2.24) is 21.0 Å². The number of amides is 5. The summed E-state index contributed by atoms with van der Waals surface area (Å²) in [7, 11) is -2.68. The number of hydroxylamine groups is 1. The predicted molar refractivity (Wildman–Crippen MR) is 161 cm³/mol. The lowest BCUT2D eigenvalue weighted by atomic mass is 9.83. The minimum atomic E-state index is -4.09. The summed E-state index contributed by atoms with van der Waals surface area (Å²) < 4.78 is 36.0. The molecule has 5 amide bonds. The Kier molecular flexibility index (Phi) is 12.2. The first kappa shape index (κ1) is 35.1. The smallest absolute Gasteiger partial charge is 0.264 e. The van der Waals surface area contributed by atoms with E-state index in [9.17, 15) is 37.6 Å². The summed E-state index contributed by atoms with van der Waals surface area (Å²) in [4.78, 5) is 66.5. The van der Waals surface area contributed by atoms with Crippen LogP contribution in [0.1, 0.15) is 53.0 Å². The van der Waals surface area contributed by atoms with Crippen molar-refractivity contribution in [3.05, 3.63) is 65.2 Å². The second-order valence-electron chi connectivity index (χ2n) is 11.1. The van der Waals surface area contributed by atoms with Crippen LogP contribution in [0.15, 0.2) is 48.5 Å². The molecule has 244 valence electrons. The van der Waals surface area contributed by atoms with Gasteiger partial charge in [0, 0.05) is 20.0 Å². The van der Waals surface area contributed by atoms with Crippen LogP contribution in [0.3, 0.4) is 0 Å². The van der Waals surface area contributed by atoms with Crippen LogP contribution in [-0.4, -0.2) is 84.6 Å². The number of carbonyl (C=O) groups is 5. The maximum absolute atomic E-state index is 13.8. The molecule has 1 unspecified atom stereocenters. The van der Waals surface area contributed by atoms with Gasteiger partial charge in [0.25, 0.3) is 21.9 Å². The van der Waals surface area contributed by atoms with Gasteiger partial charge in [0.15, 0.2) is 0 Å². The molecule has 0 bridgehead atoms. The Labute approximate surface area is 261 Å². The van der Waals surface area contributed by atoms with Crippen LogP contribution < -0.4 is 20.9 Å². The van der Waals surface area contributed by atoms with E-state index in [-0.39, 0.29) is 42.9 Å². The highest BCUT2D eigenvalue weighted by molar-refractivity contribution is 7.85. The van der Waals surface area contributed by atoms with Gasteiger partial charge in [-0.05, 0) is 48.6 Å². The fraction of sp³-hybridized carbons (Fsp3) is 0.433. The van der Waals surface area contributed by atoms with Crippen molar-refractivity contribution in [2.45, 2.75) is 39.2 Å². The van der Waals surface area contributed by atoms with Crippen molar-refractivity contribution < 1.29 is 46.9 Å². The van der Waals surface area contributed by atoms with E-state index in [4.69, 9.17) is 9.29 Å². The topological polar surface area (TPSA) is 209 Å². The summed E-state index contributed by atoms with van der Waals surface area (Å²) in [6, 6.07) is 11.7. The van der Waals surface area contributed by atoms with E-state index in [2.05, 4.69) is 10.6 Å². The first-order chi connectivity index (χ1) is 21.2. The molecular weight excluding hydrogens is 608 g/mol. The number of hydrogen-bond acceptors (Lipinski definition) is 9. The van der Waals surface area contributed by atoms with Gasteiger partial charge in [0.1, 0.15) is 11.8 Å². The molecule has 3 rings (SSSR count). The summed E-state index contributed by atoms with van der Waals surface area (Å²) >= 11 is 0. The Balaban J connectivity index is 1.78. The second kappa shape index (κ2) is 15.6. The molecule has 1 heterocycles. The minimum absolute atomic E-state index is 0.0522. The molecule has 0 saturated heterocycles. The van der Waals surface area contributed by atoms with Crippen LogP contribution in [0.4, 0.5) is 0 Å². The number of fused-ring (bicyclic) bond motifs is 1. The third kappa shape index (κ3) is 9.57. The number of benzene rings is 2. The maximum atomic E-state index is 13.8. The monoisotopic (exact) mass is 646 g/mol. The van der Waals surface area contributed by atoms with Gasteiger partial charge in [-0.3, -0.25) is 38.6 Å². The molecule has 14 nitrogen and oxygen atoms in total. The fourth-order valence-electron chi connectivity index (χ4n) is 5.09. The molecule has 15 heteroatoms. The number of imide groups is 1. The second-order valence-corrected chi connectivity index (χ2v) is 12.7. The Bertz CT molecular complexity index is 1480. The Morgan fingerprint density at radius 3 is 2.02 bits per heavy atom. The lowest BCUT2D eigenvalue weighted by Gasteiger charge is -2.30. The van der Waals surface area contributed by atoms with E-state index in [0.29, 0.717) is 11.3 Å². The zero-order valence-electron chi connectivity index (χ0n) is 25.2. The minimum Gasteiger partial charge on any atom is -0.494 e. The van der Waals surface area contributed by atoms with Crippen molar-refractivity contribution in [3.63, 3.8) is 0 Å². The average molecular weight is 647 g/mol. The molecule has 0 aliphatic carbocycles. The van der Waals surface area contributed by atoms with Gasteiger partial charge in [-0.1, -0.05) is 38.1 Å². The van der Waals surface area contributed by atoms with Crippen molar-refractivity contribution >= 4 is 39.7 Å². The van der Waals surface area contributed by atoms with Crippen molar-refractivity contribution in [2.24, 2.45) is 17.8 Å². The standard InChI is InChI=1S/C30H38N4O10S/c1-18(2)15-23(24(27(36)33-40)17-34-29(38)21-7-4-5-8-22(21)30(34)39)26(35)32-25(28(37)31-3)16-19-9-11-20(12-10-19)44-13-6-14-45(41,42)43/h4-5,7-12,18,23-25,40H,6,13-17H2,1-3H3,(H,31,37)(H,32,35)(H,33,36)(H,41,42,43)/t23-,24?,25+/m1/s1. The van der Waals surface area contributed by atoms with E-state index >= 15 is 0 Å². The number of hydrogen-bond donors (Lipinski definition) is 5. The number of nitrogens with one attached hydrogen (secondary N) is 3. The van der Waals surface area contributed by atoms with Crippen molar-refractivity contribution in [2.75, 3.05) is 26.0 Å². The summed E-state index contributed by atoms with van der Waals surface area (Å²) in [5, 5.41) is 14.8. The molecule has 1 aliphatic rings. The van der Waals surface area contributed by atoms with Crippen LogP contribution in [0.25, 0.3) is 0 Å². The van der Waals surface area contributed by atoms with Gasteiger partial charge in [-0.2, -0.15) is 8.42 Å². The summed E-state index contributed by atoms with van der Waals surface area (Å²) in [5.74, 6) is -5.99. The quantitative estimate of drug-likeness (QED) is 0.0579. The van der Waals surface area contributed by atoms with Crippen LogP contribution in [-0.2, 0) is 30.9 Å². The Hall–Kier alpha value is -4.34. The highest BCUT2D eigenvalue weighted by atomic mass is 32.2. The molecule has 45 heavy (non-hydrogen) atoms. The first-order valence-electron chi connectivity index (χ1n) is 14.3. The molecule has 0 spiro atoms. The molecule has 0 aromatic heterocycles. The summed E-state index contributed by atoms with van der Waals surface area (Å²) in [6.45, 7) is 3.22. The molecule has 2 aromatic rings. The van der Waals surface area contributed by atoms with Gasteiger partial charge in [0.2, 0.25) is 17.7 Å². The number of likely N-dealkylation sites (N-methyl/N-ethyl adjacent to an activating group) is 1. The number of nitrogens with zero attached hydrogens (tertiary/aromatic N) is 1. The lowest BCUT2D eigenvalue weighted by molar-refractivity contribution is -0.142. The SMILES string of the molecule is CNC(=O)[C@H](Cc1ccc(OCCCS(=O)(=O)O)cc1)NC(=O)[C@H](CC(C)C)C(CN1C(=O)c2ccccc2C1=O)C(=O)NO. The molecule has 0 fully saturated rings. The van der Waals surface area contributed by atoms with Gasteiger partial charge in [-0.25, -0.2) is 5.48 Å². The zero-order chi connectivity index (χ0) is 33.3. The molecule has 0 saturated carbocycles. The highest BCUT2D eigenvalue weighted by Gasteiger charge is 2.42. The van der Waals surface area contributed by atoms with Crippen LogP contribution >= 0.6 is 0 Å². The highest BCUT2D eigenvalue weighted by Crippen LogP contribution is 2.28. The molecule has 1 aliphatic heterocycles. The normalized spacial score (nSPS) is 14.8. The number of carbonyl (C=O) groups excluding carboxylic acids is 5. The van der Waals surface area contributed by atoms with E-state index in [1.807, 2.05) is 13.8 Å². The molecule has 5 N–H and O–H groups in total. The van der Waals surface area contributed by atoms with Gasteiger partial charge < -0.3 is 15.4 Å². The van der Waals surface area contributed by atoms with Crippen molar-refractivity contribution in [3.8, 4) is 5.75 Å². The first-order valence-corrected chi connectivity index (χ1v) is 15.9. The van der Waals surface area contributed by atoms with E-state index in [0.717, 1.165) is 4.90 Å². The fourth-order valence-corrected chi connectivity index (χ4v) is 5.57. The summed E-state index contributed by atoms with van der Waals surface area (Å²) in [5.41, 5.74) is 2.54. The zero-order valence-corrected chi connectivity index (χ0v) is 26.0. The predicted octanol–water partition coefficient (Wildman–Crippen LogP) is 1.20. The molecule has 3 atom stereocenters. The maximum Gasteiger partial charge on any atom is 0.264 e. The third-order valence-corrected chi connectivity index (χ3v) is 8.11. The van der Waals surface area contributed by atoms with Crippen LogP contribution in [0.2, 0.25) is 0 Å². The van der Waals surface area contributed by atoms with Gasteiger partial charge >= 0.3 is 0 Å². The van der Waals surface area contributed by atoms with Crippen molar-refractivity contribution in [1.29, 1.82) is 0 Å².